The summed E-state index contributed by atoms with van der Waals surface area (Å²) in [5.74, 6) is 0. The first-order valence-electron chi connectivity index (χ1n) is 9.42. The van der Waals surface area contributed by atoms with Crippen LogP contribution in [0.5, 0.6) is 0 Å². The van der Waals surface area contributed by atoms with E-state index in [-0.39, 0.29) is 5.41 Å². The zero-order valence-corrected chi connectivity index (χ0v) is 15.9. The summed E-state index contributed by atoms with van der Waals surface area (Å²) in [5, 5.41) is 2.40. The summed E-state index contributed by atoms with van der Waals surface area (Å²) in [4.78, 5) is 4.95. The van der Waals surface area contributed by atoms with Crippen LogP contribution in [0.3, 0.4) is 0 Å². The minimum atomic E-state index is 0.152. The molecule has 0 aliphatic rings. The van der Waals surface area contributed by atoms with Gasteiger partial charge in [-0.25, -0.2) is 4.98 Å². The Labute approximate surface area is 159 Å². The van der Waals surface area contributed by atoms with E-state index in [1.54, 1.807) is 0 Å². The molecule has 0 aliphatic heterocycles. The van der Waals surface area contributed by atoms with E-state index in [9.17, 15) is 0 Å². The predicted molar refractivity (Wildman–Crippen MR) is 114 cm³/mol. The first-order chi connectivity index (χ1) is 13.0. The van der Waals surface area contributed by atoms with Crippen LogP contribution in [0.4, 0.5) is 0 Å². The highest BCUT2D eigenvalue weighted by Gasteiger charge is 2.16. The molecule has 0 fully saturated rings. The molecule has 3 aromatic carbocycles. The van der Waals surface area contributed by atoms with Crippen LogP contribution < -0.4 is 0 Å². The number of rotatable bonds is 1. The van der Waals surface area contributed by atoms with E-state index in [1.165, 1.54) is 27.6 Å². The van der Waals surface area contributed by atoms with Crippen LogP contribution in [0.25, 0.3) is 38.7 Å². The van der Waals surface area contributed by atoms with Crippen LogP contribution in [0, 0.1) is 0 Å². The Morgan fingerprint density at radius 2 is 1.48 bits per heavy atom. The Morgan fingerprint density at radius 3 is 2.26 bits per heavy atom. The second-order valence-electron chi connectivity index (χ2n) is 8.20. The number of para-hydroxylation sites is 2. The molecule has 5 rings (SSSR count). The number of pyridine rings is 1. The Hall–Kier alpha value is -3.13. The minimum Gasteiger partial charge on any atom is -0.292 e. The first kappa shape index (κ1) is 16.1. The van der Waals surface area contributed by atoms with Gasteiger partial charge in [0.05, 0.1) is 16.7 Å². The molecule has 0 saturated carbocycles. The number of nitrogens with zero attached hydrogens (tertiary/aromatic N) is 2. The summed E-state index contributed by atoms with van der Waals surface area (Å²) in [6.45, 7) is 6.75. The van der Waals surface area contributed by atoms with Gasteiger partial charge in [0.25, 0.3) is 0 Å². The number of aromatic nitrogens is 2. The molecule has 0 spiro atoms. The molecule has 0 radical (unpaired) electrons. The zero-order chi connectivity index (χ0) is 18.6. The van der Waals surface area contributed by atoms with E-state index in [4.69, 9.17) is 4.98 Å². The number of benzene rings is 3. The Bertz CT molecular complexity index is 1290. The highest BCUT2D eigenvalue weighted by molar-refractivity contribution is 6.01. The van der Waals surface area contributed by atoms with E-state index in [0.29, 0.717) is 0 Å². The number of imidazole rings is 1. The highest BCUT2D eigenvalue weighted by atomic mass is 15.0. The molecule has 0 saturated heterocycles. The fourth-order valence-electron chi connectivity index (χ4n) is 3.84. The van der Waals surface area contributed by atoms with Crippen molar-refractivity contribution in [3.63, 3.8) is 0 Å². The van der Waals surface area contributed by atoms with Crippen molar-refractivity contribution in [3.05, 3.63) is 84.4 Å². The number of hydrogen-bond acceptors (Lipinski definition) is 1. The monoisotopic (exact) mass is 350 g/mol. The maximum Gasteiger partial charge on any atom is 0.146 e. The van der Waals surface area contributed by atoms with Gasteiger partial charge in [0.15, 0.2) is 0 Å². The second kappa shape index (κ2) is 5.68. The van der Waals surface area contributed by atoms with Crippen molar-refractivity contribution in [2.45, 2.75) is 26.2 Å². The topological polar surface area (TPSA) is 17.3 Å². The van der Waals surface area contributed by atoms with Crippen molar-refractivity contribution in [1.29, 1.82) is 0 Å². The summed E-state index contributed by atoms with van der Waals surface area (Å²) in [7, 11) is 0. The smallest absolute Gasteiger partial charge is 0.146 e. The van der Waals surface area contributed by atoms with Gasteiger partial charge in [-0.3, -0.25) is 4.40 Å². The van der Waals surface area contributed by atoms with Crippen molar-refractivity contribution in [2.24, 2.45) is 0 Å². The lowest BCUT2D eigenvalue weighted by atomic mass is 9.86. The second-order valence-corrected chi connectivity index (χ2v) is 8.20. The maximum absolute atomic E-state index is 4.95. The van der Waals surface area contributed by atoms with E-state index >= 15 is 0 Å². The molecule has 0 atom stereocenters. The average molecular weight is 350 g/mol. The maximum atomic E-state index is 4.95. The standard InChI is InChI=1S/C25H22N2/c1-25(2,3)19-14-12-17(13-15-19)23-16-18-8-4-5-9-20(18)24-26-21-10-6-7-11-22(21)27(23)24/h4-16H,1-3H3. The van der Waals surface area contributed by atoms with Gasteiger partial charge in [-0.05, 0) is 40.1 Å². The number of hydrogen-bond donors (Lipinski definition) is 0. The molecule has 27 heavy (non-hydrogen) atoms. The molecule has 5 aromatic rings. The molecule has 2 nitrogen and oxygen atoms in total. The Balaban J connectivity index is 1.87. The van der Waals surface area contributed by atoms with E-state index in [2.05, 4.69) is 104 Å². The van der Waals surface area contributed by atoms with Crippen LogP contribution in [0.1, 0.15) is 26.3 Å². The summed E-state index contributed by atoms with van der Waals surface area (Å²) in [6.07, 6.45) is 0. The Kier molecular flexibility index (Phi) is 3.38. The molecule has 132 valence electrons. The SMILES string of the molecule is CC(C)(C)c1ccc(-c2cc3ccccc3c3nc4ccccc4n23)cc1. The molecule has 0 amide bonds. The predicted octanol–water partition coefficient (Wildman–Crippen LogP) is 6.61. The average Bonchev–Trinajstić information content (AvgIpc) is 3.07. The third-order valence-corrected chi connectivity index (χ3v) is 5.34. The quantitative estimate of drug-likeness (QED) is 0.333. The van der Waals surface area contributed by atoms with Gasteiger partial charge in [0.1, 0.15) is 5.65 Å². The van der Waals surface area contributed by atoms with Crippen LogP contribution in [-0.2, 0) is 5.41 Å². The van der Waals surface area contributed by atoms with Crippen LogP contribution in [0.15, 0.2) is 78.9 Å². The third kappa shape index (κ3) is 2.52. The van der Waals surface area contributed by atoms with Crippen LogP contribution in [-0.4, -0.2) is 9.38 Å². The largest absolute Gasteiger partial charge is 0.292 e. The van der Waals surface area contributed by atoms with Crippen molar-refractivity contribution in [2.75, 3.05) is 0 Å². The fourth-order valence-corrected chi connectivity index (χ4v) is 3.84. The van der Waals surface area contributed by atoms with E-state index < -0.39 is 0 Å². The molecule has 0 unspecified atom stereocenters. The van der Waals surface area contributed by atoms with Gasteiger partial charge < -0.3 is 0 Å². The fraction of sp³-hybridized carbons (Fsp3) is 0.160. The van der Waals surface area contributed by atoms with E-state index in [0.717, 1.165) is 16.7 Å². The van der Waals surface area contributed by atoms with Gasteiger partial charge in [0.2, 0.25) is 0 Å². The lowest BCUT2D eigenvalue weighted by Crippen LogP contribution is -2.10. The molecule has 0 N–H and O–H groups in total. The first-order valence-corrected chi connectivity index (χ1v) is 9.42. The lowest BCUT2D eigenvalue weighted by Gasteiger charge is -2.19. The molecule has 0 aliphatic carbocycles. The van der Waals surface area contributed by atoms with Crippen LogP contribution in [0.2, 0.25) is 0 Å². The van der Waals surface area contributed by atoms with E-state index in [1.807, 2.05) is 0 Å². The van der Waals surface area contributed by atoms with Gasteiger partial charge in [-0.15, -0.1) is 0 Å². The summed E-state index contributed by atoms with van der Waals surface area (Å²) in [5.41, 5.74) is 7.08. The van der Waals surface area contributed by atoms with Gasteiger partial charge in [0, 0.05) is 5.39 Å². The van der Waals surface area contributed by atoms with Crippen molar-refractivity contribution >= 4 is 27.5 Å². The minimum absolute atomic E-state index is 0.152. The van der Waals surface area contributed by atoms with Crippen molar-refractivity contribution in [1.82, 2.24) is 9.38 Å². The third-order valence-electron chi connectivity index (χ3n) is 5.34. The molecule has 2 aromatic heterocycles. The molecular formula is C25H22N2. The van der Waals surface area contributed by atoms with Gasteiger partial charge >= 0.3 is 0 Å². The zero-order valence-electron chi connectivity index (χ0n) is 15.9. The van der Waals surface area contributed by atoms with Gasteiger partial charge in [-0.2, -0.15) is 0 Å². The molecule has 2 heteroatoms. The summed E-state index contributed by atoms with van der Waals surface area (Å²) in [6, 6.07) is 28.1. The summed E-state index contributed by atoms with van der Waals surface area (Å²) >= 11 is 0. The normalized spacial score (nSPS) is 12.3. The van der Waals surface area contributed by atoms with Gasteiger partial charge in [-0.1, -0.05) is 81.4 Å². The molecular weight excluding hydrogens is 328 g/mol. The van der Waals surface area contributed by atoms with Crippen molar-refractivity contribution < 1.29 is 0 Å². The Morgan fingerprint density at radius 1 is 0.778 bits per heavy atom. The number of fused-ring (bicyclic) bond motifs is 5. The summed E-state index contributed by atoms with van der Waals surface area (Å²) < 4.78 is 2.30. The van der Waals surface area contributed by atoms with Crippen LogP contribution >= 0.6 is 0 Å². The lowest BCUT2D eigenvalue weighted by molar-refractivity contribution is 0.590. The molecule has 0 bridgehead atoms. The molecule has 2 heterocycles. The van der Waals surface area contributed by atoms with Crippen molar-refractivity contribution in [3.8, 4) is 11.3 Å². The highest BCUT2D eigenvalue weighted by Crippen LogP contribution is 2.32.